The molecular formula is C14H20BrClN2. The second kappa shape index (κ2) is 5.81. The molecule has 0 spiro atoms. The summed E-state index contributed by atoms with van der Waals surface area (Å²) in [7, 11) is 4.33. The van der Waals surface area contributed by atoms with Gasteiger partial charge in [0.15, 0.2) is 0 Å². The summed E-state index contributed by atoms with van der Waals surface area (Å²) in [5.41, 5.74) is 2.43. The van der Waals surface area contributed by atoms with E-state index in [1.54, 1.807) is 0 Å². The van der Waals surface area contributed by atoms with Gasteiger partial charge in [0.2, 0.25) is 0 Å². The van der Waals surface area contributed by atoms with Gasteiger partial charge in [-0.2, -0.15) is 0 Å². The van der Waals surface area contributed by atoms with Crippen LogP contribution in [0, 0.1) is 5.92 Å². The van der Waals surface area contributed by atoms with E-state index >= 15 is 0 Å². The molecule has 0 aromatic heterocycles. The van der Waals surface area contributed by atoms with Crippen LogP contribution < -0.4 is 4.90 Å². The van der Waals surface area contributed by atoms with Crippen molar-refractivity contribution in [2.45, 2.75) is 18.8 Å². The molecule has 2 nitrogen and oxygen atoms in total. The molecule has 2 unspecified atom stereocenters. The molecule has 18 heavy (non-hydrogen) atoms. The summed E-state index contributed by atoms with van der Waals surface area (Å²) in [4.78, 5) is 4.78. The highest BCUT2D eigenvalue weighted by molar-refractivity contribution is 9.10. The summed E-state index contributed by atoms with van der Waals surface area (Å²) < 4.78 is 1.15. The molecule has 0 radical (unpaired) electrons. The molecule has 0 saturated carbocycles. The van der Waals surface area contributed by atoms with Crippen LogP contribution in [0.25, 0.3) is 0 Å². The summed E-state index contributed by atoms with van der Waals surface area (Å²) in [6, 6.07) is 7.04. The average molecular weight is 332 g/mol. The third kappa shape index (κ3) is 2.84. The van der Waals surface area contributed by atoms with Gasteiger partial charge in [0.25, 0.3) is 0 Å². The number of benzene rings is 1. The molecule has 4 heteroatoms. The summed E-state index contributed by atoms with van der Waals surface area (Å²) in [5, 5.41) is 0. The van der Waals surface area contributed by atoms with Crippen molar-refractivity contribution in [1.29, 1.82) is 0 Å². The van der Waals surface area contributed by atoms with Crippen LogP contribution in [0.4, 0.5) is 5.69 Å². The Morgan fingerprint density at radius 1 is 1.39 bits per heavy atom. The van der Waals surface area contributed by atoms with Crippen molar-refractivity contribution in [2.75, 3.05) is 32.1 Å². The first-order chi connectivity index (χ1) is 8.52. The van der Waals surface area contributed by atoms with Crippen molar-refractivity contribution in [1.82, 2.24) is 4.90 Å². The summed E-state index contributed by atoms with van der Waals surface area (Å²) in [6.45, 7) is 4.53. The van der Waals surface area contributed by atoms with Crippen molar-refractivity contribution in [3.8, 4) is 0 Å². The lowest BCUT2D eigenvalue weighted by Gasteiger charge is -2.23. The van der Waals surface area contributed by atoms with E-state index in [1.165, 1.54) is 5.69 Å². The lowest BCUT2D eigenvalue weighted by molar-refractivity contribution is 0.266. The fourth-order valence-electron chi connectivity index (χ4n) is 2.71. The Morgan fingerprint density at radius 2 is 2.11 bits per heavy atom. The Morgan fingerprint density at radius 3 is 2.61 bits per heavy atom. The summed E-state index contributed by atoms with van der Waals surface area (Å²) >= 11 is 9.52. The minimum absolute atomic E-state index is 0.565. The predicted molar refractivity (Wildman–Crippen MR) is 82.6 cm³/mol. The highest BCUT2D eigenvalue weighted by atomic mass is 79.9. The zero-order valence-corrected chi connectivity index (χ0v) is 13.5. The fraction of sp³-hybridized carbons (Fsp3) is 0.571. The van der Waals surface area contributed by atoms with Gasteiger partial charge < -0.3 is 9.80 Å². The highest BCUT2D eigenvalue weighted by Crippen LogP contribution is 2.32. The third-order valence-corrected chi connectivity index (χ3v) is 4.69. The molecule has 1 aromatic rings. The maximum absolute atomic E-state index is 5.86. The molecule has 1 aromatic carbocycles. The number of hydrogen-bond donors (Lipinski definition) is 0. The van der Waals surface area contributed by atoms with Gasteiger partial charge in [-0.1, -0.05) is 13.0 Å². The number of anilines is 1. The number of hydrogen-bond acceptors (Lipinski definition) is 2. The zero-order valence-electron chi connectivity index (χ0n) is 11.2. The first-order valence-corrected chi connectivity index (χ1v) is 7.61. The van der Waals surface area contributed by atoms with E-state index in [1.807, 2.05) is 0 Å². The van der Waals surface area contributed by atoms with E-state index in [-0.39, 0.29) is 0 Å². The predicted octanol–water partition coefficient (Wildman–Crippen LogP) is 3.57. The molecule has 2 rings (SSSR count). The van der Waals surface area contributed by atoms with Crippen molar-refractivity contribution < 1.29 is 0 Å². The van der Waals surface area contributed by atoms with Crippen molar-refractivity contribution >= 4 is 33.2 Å². The van der Waals surface area contributed by atoms with Crippen LogP contribution in [0.3, 0.4) is 0 Å². The van der Waals surface area contributed by atoms with Gasteiger partial charge in [-0.05, 0) is 53.6 Å². The lowest BCUT2D eigenvalue weighted by atomic mass is 10.1. The van der Waals surface area contributed by atoms with Crippen LogP contribution >= 0.6 is 27.5 Å². The SMILES string of the molecule is CC1CN(c2ccc(CCl)cc2Br)CC1N(C)C. The van der Waals surface area contributed by atoms with Crippen molar-refractivity contribution in [3.63, 3.8) is 0 Å². The molecule has 1 saturated heterocycles. The second-order valence-corrected chi connectivity index (χ2v) is 6.45. The molecule has 0 bridgehead atoms. The molecule has 1 heterocycles. The van der Waals surface area contributed by atoms with Gasteiger partial charge in [0.1, 0.15) is 0 Å². The lowest BCUT2D eigenvalue weighted by Crippen LogP contribution is -2.34. The number of rotatable bonds is 3. The Bertz CT molecular complexity index is 422. The fourth-order valence-corrected chi connectivity index (χ4v) is 3.55. The third-order valence-electron chi connectivity index (χ3n) is 3.74. The minimum Gasteiger partial charge on any atom is -0.369 e. The molecule has 0 aliphatic carbocycles. The van der Waals surface area contributed by atoms with E-state index in [4.69, 9.17) is 11.6 Å². The Balaban J connectivity index is 2.18. The van der Waals surface area contributed by atoms with Crippen LogP contribution in [0.1, 0.15) is 12.5 Å². The average Bonchev–Trinajstić information content (AvgIpc) is 2.71. The smallest absolute Gasteiger partial charge is 0.0511 e. The molecular weight excluding hydrogens is 312 g/mol. The Hall–Kier alpha value is -0.250. The molecule has 0 amide bonds. The zero-order chi connectivity index (χ0) is 13.3. The van der Waals surface area contributed by atoms with Gasteiger partial charge in [0, 0.05) is 29.5 Å². The molecule has 2 atom stereocenters. The molecule has 1 fully saturated rings. The molecule has 0 N–H and O–H groups in total. The second-order valence-electron chi connectivity index (χ2n) is 5.33. The topological polar surface area (TPSA) is 6.48 Å². The van der Waals surface area contributed by atoms with E-state index < -0.39 is 0 Å². The minimum atomic E-state index is 0.565. The standard InChI is InChI=1S/C14H20BrClN2/c1-10-8-18(9-14(10)17(2)3)13-5-4-11(7-16)6-12(13)15/h4-6,10,14H,7-9H2,1-3H3. The largest absolute Gasteiger partial charge is 0.369 e. The van der Waals surface area contributed by atoms with Gasteiger partial charge in [-0.25, -0.2) is 0 Å². The normalized spacial score (nSPS) is 24.0. The first kappa shape index (κ1) is 14.2. The van der Waals surface area contributed by atoms with Gasteiger partial charge >= 0.3 is 0 Å². The van der Waals surface area contributed by atoms with Crippen LogP contribution in [0.15, 0.2) is 22.7 Å². The van der Waals surface area contributed by atoms with E-state index in [0.717, 1.165) is 23.1 Å². The van der Waals surface area contributed by atoms with Crippen molar-refractivity contribution in [3.05, 3.63) is 28.2 Å². The summed E-state index contributed by atoms with van der Waals surface area (Å²) in [6.07, 6.45) is 0. The van der Waals surface area contributed by atoms with Crippen LogP contribution in [0.5, 0.6) is 0 Å². The first-order valence-electron chi connectivity index (χ1n) is 6.28. The molecule has 1 aliphatic rings. The number of likely N-dealkylation sites (N-methyl/N-ethyl adjacent to an activating group) is 1. The monoisotopic (exact) mass is 330 g/mol. The number of nitrogens with zero attached hydrogens (tertiary/aromatic N) is 2. The highest BCUT2D eigenvalue weighted by Gasteiger charge is 2.31. The van der Waals surface area contributed by atoms with Crippen LogP contribution in [-0.4, -0.2) is 38.1 Å². The van der Waals surface area contributed by atoms with Crippen LogP contribution in [-0.2, 0) is 5.88 Å². The van der Waals surface area contributed by atoms with E-state index in [0.29, 0.717) is 17.8 Å². The Labute approximate surface area is 123 Å². The summed E-state index contributed by atoms with van der Waals surface area (Å²) in [5.74, 6) is 1.26. The number of halogens is 2. The number of alkyl halides is 1. The quantitative estimate of drug-likeness (QED) is 0.781. The van der Waals surface area contributed by atoms with Crippen molar-refractivity contribution in [2.24, 2.45) is 5.92 Å². The van der Waals surface area contributed by atoms with Gasteiger partial charge in [-0.15, -0.1) is 11.6 Å². The van der Waals surface area contributed by atoms with Gasteiger partial charge in [0.05, 0.1) is 5.69 Å². The Kier molecular flexibility index (Phi) is 4.57. The maximum Gasteiger partial charge on any atom is 0.0511 e. The molecule has 100 valence electrons. The van der Waals surface area contributed by atoms with Gasteiger partial charge in [-0.3, -0.25) is 0 Å². The van der Waals surface area contributed by atoms with Crippen LogP contribution in [0.2, 0.25) is 0 Å². The molecule has 1 aliphatic heterocycles. The van der Waals surface area contributed by atoms with E-state index in [9.17, 15) is 0 Å². The maximum atomic E-state index is 5.86. The van der Waals surface area contributed by atoms with E-state index in [2.05, 4.69) is 64.9 Å².